The molecule has 12 heteroatoms. The molecule has 0 bridgehead atoms. The van der Waals surface area contributed by atoms with E-state index in [-0.39, 0.29) is 22.1 Å². The van der Waals surface area contributed by atoms with Crippen LogP contribution in [0, 0.1) is 24.0 Å². The highest BCUT2D eigenvalue weighted by atomic mass is 19.4. The van der Waals surface area contributed by atoms with Gasteiger partial charge >= 0.3 is 11.9 Å². The molecule has 0 aromatic carbocycles. The number of aromatic nitrogens is 2. The molecule has 2 rings (SSSR count). The fourth-order valence-corrected chi connectivity index (χ4v) is 2.48. The van der Waals surface area contributed by atoms with Crippen molar-refractivity contribution in [3.63, 3.8) is 0 Å². The topological polar surface area (TPSA) is 114 Å². The molecule has 1 amide bonds. The van der Waals surface area contributed by atoms with Crippen LogP contribution in [0.4, 0.5) is 18.9 Å². The van der Waals surface area contributed by atoms with E-state index in [9.17, 15) is 33.2 Å². The Morgan fingerprint density at radius 1 is 1.50 bits per heavy atom. The van der Waals surface area contributed by atoms with Crippen LogP contribution in [-0.2, 0) is 4.79 Å². The first kappa shape index (κ1) is 17.8. The molecule has 0 fully saturated rings. The third kappa shape index (κ3) is 2.52. The summed E-state index contributed by atoms with van der Waals surface area (Å²) in [6.07, 6.45) is -5.23. The number of nitrogens with zero attached hydrogens (tertiary/aromatic N) is 5. The maximum absolute atomic E-state index is 13.0. The molecule has 0 saturated carbocycles. The molecular formula is C12H14F3N5O4. The van der Waals surface area contributed by atoms with Gasteiger partial charge in [0.1, 0.15) is 17.4 Å². The van der Waals surface area contributed by atoms with E-state index in [4.69, 9.17) is 0 Å². The van der Waals surface area contributed by atoms with Gasteiger partial charge in [-0.3, -0.25) is 19.6 Å². The van der Waals surface area contributed by atoms with E-state index < -0.39 is 35.2 Å². The predicted octanol–water partition coefficient (Wildman–Crippen LogP) is 1.44. The zero-order chi connectivity index (χ0) is 18.4. The minimum absolute atomic E-state index is 0.0112. The van der Waals surface area contributed by atoms with Gasteiger partial charge in [0.15, 0.2) is 0 Å². The fraction of sp³-hybridized carbons (Fsp3) is 0.583. The summed E-state index contributed by atoms with van der Waals surface area (Å²) < 4.78 is 40.1. The summed E-state index contributed by atoms with van der Waals surface area (Å²) in [4.78, 5) is 22.7. The van der Waals surface area contributed by atoms with E-state index >= 15 is 0 Å². The number of nitro groups is 1. The summed E-state index contributed by atoms with van der Waals surface area (Å²) in [6, 6.07) is -1.33. The first-order valence-corrected chi connectivity index (χ1v) is 6.77. The van der Waals surface area contributed by atoms with Gasteiger partial charge in [-0.25, -0.2) is 0 Å². The number of hydrogen-bond acceptors (Lipinski definition) is 6. The van der Waals surface area contributed by atoms with Crippen molar-refractivity contribution < 1.29 is 28.0 Å². The van der Waals surface area contributed by atoms with E-state index in [1.165, 1.54) is 20.8 Å². The average Bonchev–Trinajstić information content (AvgIpc) is 2.98. The van der Waals surface area contributed by atoms with E-state index in [1.54, 1.807) is 0 Å². The normalized spacial score (nSPS) is 22.0. The molecule has 0 saturated heterocycles. The van der Waals surface area contributed by atoms with Crippen molar-refractivity contribution in [3.05, 3.63) is 21.5 Å². The average molecular weight is 349 g/mol. The van der Waals surface area contributed by atoms with E-state index in [0.29, 0.717) is 0 Å². The number of rotatable bonds is 3. The van der Waals surface area contributed by atoms with E-state index in [2.05, 4.69) is 10.2 Å². The number of carbonyl (C=O) groups is 1. The Morgan fingerprint density at radius 3 is 2.54 bits per heavy atom. The second-order valence-electron chi connectivity index (χ2n) is 5.36. The van der Waals surface area contributed by atoms with Gasteiger partial charge in [-0.2, -0.15) is 28.4 Å². The lowest BCUT2D eigenvalue weighted by atomic mass is 10.1. The second-order valence-corrected chi connectivity index (χ2v) is 5.36. The molecule has 24 heavy (non-hydrogen) atoms. The highest BCUT2D eigenvalue weighted by molar-refractivity contribution is 5.83. The van der Waals surface area contributed by atoms with Gasteiger partial charge in [0.25, 0.3) is 11.6 Å². The van der Waals surface area contributed by atoms with Crippen molar-refractivity contribution in [1.82, 2.24) is 14.8 Å². The lowest BCUT2D eigenvalue weighted by molar-refractivity contribution is -0.386. The number of hydrazone groups is 1. The van der Waals surface area contributed by atoms with Crippen molar-refractivity contribution in [1.29, 1.82) is 0 Å². The SMILES string of the molecule is Cc1nn([C@H](C)C(=O)N2N=CC[C@@]2(O)C(F)(F)F)c(C)c1[N+](=O)[O-]. The molecule has 132 valence electrons. The van der Waals surface area contributed by atoms with Crippen LogP contribution >= 0.6 is 0 Å². The molecule has 1 N–H and O–H groups in total. The largest absolute Gasteiger partial charge is 0.438 e. The summed E-state index contributed by atoms with van der Waals surface area (Å²) in [6.45, 7) is 3.89. The quantitative estimate of drug-likeness (QED) is 0.655. The lowest BCUT2D eigenvalue weighted by Crippen LogP contribution is -2.57. The van der Waals surface area contributed by atoms with Crippen LogP contribution < -0.4 is 0 Å². The molecule has 0 spiro atoms. The number of amides is 1. The fourth-order valence-electron chi connectivity index (χ4n) is 2.48. The summed E-state index contributed by atoms with van der Waals surface area (Å²) >= 11 is 0. The molecular weight excluding hydrogens is 335 g/mol. The van der Waals surface area contributed by atoms with E-state index in [0.717, 1.165) is 10.9 Å². The van der Waals surface area contributed by atoms with Gasteiger partial charge in [0, 0.05) is 12.6 Å². The van der Waals surface area contributed by atoms with Gasteiger partial charge in [-0.15, -0.1) is 0 Å². The van der Waals surface area contributed by atoms with Crippen LogP contribution in [-0.4, -0.2) is 48.8 Å². The zero-order valence-corrected chi connectivity index (χ0v) is 12.9. The molecule has 2 atom stereocenters. The minimum Gasteiger partial charge on any atom is -0.362 e. The van der Waals surface area contributed by atoms with Crippen molar-refractivity contribution in [2.45, 2.75) is 45.1 Å². The Labute approximate surface area is 133 Å². The van der Waals surface area contributed by atoms with Crippen LogP contribution in [0.2, 0.25) is 0 Å². The molecule has 1 aliphatic rings. The molecule has 0 unspecified atom stereocenters. The van der Waals surface area contributed by atoms with Crippen molar-refractivity contribution >= 4 is 17.8 Å². The lowest BCUT2D eigenvalue weighted by Gasteiger charge is -2.33. The smallest absolute Gasteiger partial charge is 0.362 e. The molecule has 1 aliphatic heterocycles. The number of aryl methyl sites for hydroxylation is 1. The van der Waals surface area contributed by atoms with Gasteiger partial charge in [0.05, 0.1) is 4.92 Å². The molecule has 0 radical (unpaired) electrons. The van der Waals surface area contributed by atoms with Crippen LogP contribution in [0.1, 0.15) is 30.8 Å². The monoisotopic (exact) mass is 349 g/mol. The second kappa shape index (κ2) is 5.54. The Morgan fingerprint density at radius 2 is 2.08 bits per heavy atom. The van der Waals surface area contributed by atoms with Crippen molar-refractivity contribution in [2.24, 2.45) is 5.10 Å². The third-order valence-electron chi connectivity index (χ3n) is 3.78. The summed E-state index contributed by atoms with van der Waals surface area (Å²) in [5.74, 6) is -1.19. The Bertz CT molecular complexity index is 729. The van der Waals surface area contributed by atoms with Crippen molar-refractivity contribution in [3.8, 4) is 0 Å². The first-order valence-electron chi connectivity index (χ1n) is 6.77. The van der Waals surface area contributed by atoms with Crippen LogP contribution in [0.15, 0.2) is 5.10 Å². The van der Waals surface area contributed by atoms with Crippen molar-refractivity contribution in [2.75, 3.05) is 0 Å². The minimum atomic E-state index is -5.11. The Kier molecular flexibility index (Phi) is 4.12. The highest BCUT2D eigenvalue weighted by Crippen LogP contribution is 2.39. The Balaban J connectivity index is 2.39. The van der Waals surface area contributed by atoms with Crippen LogP contribution in [0.3, 0.4) is 0 Å². The molecule has 0 aliphatic carbocycles. The summed E-state index contributed by atoms with van der Waals surface area (Å²) in [5, 5.41) is 27.9. The molecule has 1 aromatic heterocycles. The molecule has 1 aromatic rings. The standard InChI is InChI=1S/C12H14F3N5O4/c1-6-9(20(23)24)7(2)18(17-6)8(3)10(21)19-11(22,4-5-16-19)12(13,14)15/h5,8,22H,4H2,1-3H3/t8-,11-/m1/s1. The van der Waals surface area contributed by atoms with Gasteiger partial charge in [-0.1, -0.05) is 0 Å². The van der Waals surface area contributed by atoms with Crippen LogP contribution in [0.25, 0.3) is 0 Å². The zero-order valence-electron chi connectivity index (χ0n) is 12.9. The number of halogens is 3. The molecule has 9 nitrogen and oxygen atoms in total. The van der Waals surface area contributed by atoms with E-state index in [1.807, 2.05) is 0 Å². The predicted molar refractivity (Wildman–Crippen MR) is 74.0 cm³/mol. The number of alkyl halides is 3. The highest BCUT2D eigenvalue weighted by Gasteiger charge is 2.62. The number of aliphatic hydroxyl groups is 1. The molecule has 2 heterocycles. The maximum atomic E-state index is 13.0. The number of carbonyl (C=O) groups excluding carboxylic acids is 1. The number of hydrogen-bond donors (Lipinski definition) is 1. The Hall–Kier alpha value is -2.50. The van der Waals surface area contributed by atoms with Crippen LogP contribution in [0.5, 0.6) is 0 Å². The third-order valence-corrected chi connectivity index (χ3v) is 3.78. The summed E-state index contributed by atoms with van der Waals surface area (Å²) in [7, 11) is 0. The van der Waals surface area contributed by atoms with Gasteiger partial charge in [-0.05, 0) is 20.8 Å². The van der Waals surface area contributed by atoms with Gasteiger partial charge in [0.2, 0.25) is 0 Å². The first-order chi connectivity index (χ1) is 10.9. The summed E-state index contributed by atoms with van der Waals surface area (Å²) in [5.41, 5.74) is -3.74. The van der Waals surface area contributed by atoms with Gasteiger partial charge < -0.3 is 5.11 Å². The maximum Gasteiger partial charge on any atom is 0.438 e.